The molecule has 2 rings (SSSR count). The van der Waals surface area contributed by atoms with Gasteiger partial charge in [0.15, 0.2) is 23.3 Å². The molecule has 1 atom stereocenters. The molecule has 0 spiro atoms. The van der Waals surface area contributed by atoms with Crippen molar-refractivity contribution in [3.63, 3.8) is 0 Å². The number of phenolic OH excluding ortho intramolecular Hbond substituents is 1. The average molecular weight is 336 g/mol. The second-order valence-electron chi connectivity index (χ2n) is 4.58. The second kappa shape index (κ2) is 5.68. The molecule has 0 aromatic heterocycles. The van der Waals surface area contributed by atoms with Crippen LogP contribution in [0.3, 0.4) is 0 Å². The van der Waals surface area contributed by atoms with Crippen LogP contribution >= 0.6 is 0 Å². The van der Waals surface area contributed by atoms with E-state index in [4.69, 9.17) is 0 Å². The van der Waals surface area contributed by atoms with Crippen molar-refractivity contribution in [1.29, 1.82) is 0 Å². The molecule has 0 bridgehead atoms. The van der Waals surface area contributed by atoms with Gasteiger partial charge in [0.1, 0.15) is 10.6 Å². The van der Waals surface area contributed by atoms with E-state index < -0.39 is 44.8 Å². The van der Waals surface area contributed by atoms with E-state index in [9.17, 15) is 31.3 Å². The van der Waals surface area contributed by atoms with Gasteiger partial charge in [-0.15, -0.1) is 0 Å². The summed E-state index contributed by atoms with van der Waals surface area (Å²) >= 11 is 0. The zero-order chi connectivity index (χ0) is 16.8. The standard InChI is InChI=1S/C14H9F5O2S/c1-5-3-7(20)4-6(2)13(5)22(21)14-11(18)9(16)8(15)10(17)12(14)19/h3-4,20H,1-2H3. The molecule has 0 aliphatic rings. The molecule has 0 radical (unpaired) electrons. The van der Waals surface area contributed by atoms with Crippen LogP contribution in [0.2, 0.25) is 0 Å². The Bertz CT molecular complexity index is 752. The normalized spacial score (nSPS) is 12.5. The summed E-state index contributed by atoms with van der Waals surface area (Å²) < 4.78 is 79.2. The first-order valence-electron chi connectivity index (χ1n) is 5.90. The minimum absolute atomic E-state index is 0.124. The first kappa shape index (κ1) is 16.4. The largest absolute Gasteiger partial charge is 0.508 e. The molecule has 2 aromatic rings. The number of aryl methyl sites for hydroxylation is 2. The highest BCUT2D eigenvalue weighted by Crippen LogP contribution is 2.32. The van der Waals surface area contributed by atoms with Crippen LogP contribution in [0.25, 0.3) is 0 Å². The Labute approximate surface area is 124 Å². The van der Waals surface area contributed by atoms with Gasteiger partial charge in [0.25, 0.3) is 0 Å². The Hall–Kier alpha value is -1.96. The van der Waals surface area contributed by atoms with Crippen molar-refractivity contribution >= 4 is 10.8 Å². The highest BCUT2D eigenvalue weighted by Gasteiger charge is 2.30. The van der Waals surface area contributed by atoms with Gasteiger partial charge >= 0.3 is 0 Å². The van der Waals surface area contributed by atoms with Gasteiger partial charge in [-0.3, -0.25) is 0 Å². The number of phenols is 1. The third kappa shape index (κ3) is 2.47. The number of aromatic hydroxyl groups is 1. The third-order valence-electron chi connectivity index (χ3n) is 2.99. The molecule has 0 aliphatic heterocycles. The van der Waals surface area contributed by atoms with Gasteiger partial charge in [-0.1, -0.05) is 0 Å². The van der Waals surface area contributed by atoms with E-state index in [-0.39, 0.29) is 21.8 Å². The van der Waals surface area contributed by atoms with Crippen LogP contribution in [-0.2, 0) is 10.8 Å². The molecule has 1 unspecified atom stereocenters. The van der Waals surface area contributed by atoms with Crippen LogP contribution < -0.4 is 0 Å². The van der Waals surface area contributed by atoms with Crippen LogP contribution in [0.5, 0.6) is 5.75 Å². The summed E-state index contributed by atoms with van der Waals surface area (Å²) in [4.78, 5) is -1.53. The van der Waals surface area contributed by atoms with Crippen molar-refractivity contribution in [2.24, 2.45) is 0 Å². The van der Waals surface area contributed by atoms with Crippen molar-refractivity contribution in [3.05, 3.63) is 52.3 Å². The fraction of sp³-hybridized carbons (Fsp3) is 0.143. The van der Waals surface area contributed by atoms with E-state index in [0.29, 0.717) is 0 Å². The number of benzene rings is 2. The second-order valence-corrected chi connectivity index (χ2v) is 5.93. The lowest BCUT2D eigenvalue weighted by molar-refractivity contribution is 0.359. The Kier molecular flexibility index (Phi) is 4.23. The molecule has 22 heavy (non-hydrogen) atoms. The summed E-state index contributed by atoms with van der Waals surface area (Å²) in [5, 5.41) is 9.39. The summed E-state index contributed by atoms with van der Waals surface area (Å²) in [5.74, 6) is -11.1. The molecule has 118 valence electrons. The van der Waals surface area contributed by atoms with Gasteiger partial charge in [-0.2, -0.15) is 0 Å². The maximum atomic E-state index is 13.7. The Morgan fingerprint density at radius 2 is 1.14 bits per heavy atom. The van der Waals surface area contributed by atoms with Gasteiger partial charge in [-0.05, 0) is 37.1 Å². The van der Waals surface area contributed by atoms with E-state index in [2.05, 4.69) is 0 Å². The van der Waals surface area contributed by atoms with Crippen molar-refractivity contribution in [2.75, 3.05) is 0 Å². The molecule has 0 amide bonds. The topological polar surface area (TPSA) is 37.3 Å². The lowest BCUT2D eigenvalue weighted by Crippen LogP contribution is -2.10. The fourth-order valence-electron chi connectivity index (χ4n) is 2.07. The van der Waals surface area contributed by atoms with Crippen molar-refractivity contribution in [3.8, 4) is 5.75 Å². The number of hydrogen-bond donors (Lipinski definition) is 1. The van der Waals surface area contributed by atoms with Crippen LogP contribution in [0.15, 0.2) is 21.9 Å². The first-order valence-corrected chi connectivity index (χ1v) is 7.05. The van der Waals surface area contributed by atoms with Gasteiger partial charge < -0.3 is 5.11 Å². The van der Waals surface area contributed by atoms with E-state index >= 15 is 0 Å². The molecule has 2 aromatic carbocycles. The quantitative estimate of drug-likeness (QED) is 0.513. The van der Waals surface area contributed by atoms with Crippen LogP contribution in [-0.4, -0.2) is 9.32 Å². The molecule has 0 aliphatic carbocycles. The number of halogens is 5. The molecular weight excluding hydrogens is 327 g/mol. The Morgan fingerprint density at radius 1 is 0.773 bits per heavy atom. The minimum atomic E-state index is -2.64. The van der Waals surface area contributed by atoms with Crippen molar-refractivity contribution < 1.29 is 31.3 Å². The highest BCUT2D eigenvalue weighted by atomic mass is 32.2. The summed E-state index contributed by atoms with van der Waals surface area (Å²) in [6, 6.07) is 2.35. The molecule has 1 N–H and O–H groups in total. The number of rotatable bonds is 2. The predicted molar refractivity (Wildman–Crippen MR) is 68.5 cm³/mol. The lowest BCUT2D eigenvalue weighted by atomic mass is 10.1. The van der Waals surface area contributed by atoms with Crippen LogP contribution in [0, 0.1) is 42.9 Å². The average Bonchev–Trinajstić information content (AvgIpc) is 2.42. The van der Waals surface area contributed by atoms with E-state index in [0.717, 1.165) is 0 Å². The monoisotopic (exact) mass is 336 g/mol. The Morgan fingerprint density at radius 3 is 1.55 bits per heavy atom. The zero-order valence-electron chi connectivity index (χ0n) is 11.3. The van der Waals surface area contributed by atoms with E-state index in [1.54, 1.807) is 0 Å². The smallest absolute Gasteiger partial charge is 0.200 e. The maximum absolute atomic E-state index is 13.7. The van der Waals surface area contributed by atoms with Gasteiger partial charge in [-0.25, -0.2) is 26.2 Å². The molecule has 0 saturated carbocycles. The summed E-state index contributed by atoms with van der Waals surface area (Å²) in [6.45, 7) is 2.79. The van der Waals surface area contributed by atoms with Gasteiger partial charge in [0.05, 0.1) is 15.7 Å². The van der Waals surface area contributed by atoms with Crippen LogP contribution in [0.1, 0.15) is 11.1 Å². The SMILES string of the molecule is Cc1cc(O)cc(C)c1S(=O)c1c(F)c(F)c(F)c(F)c1F. The van der Waals surface area contributed by atoms with E-state index in [1.807, 2.05) is 0 Å². The highest BCUT2D eigenvalue weighted by molar-refractivity contribution is 7.85. The Balaban J connectivity index is 2.76. The van der Waals surface area contributed by atoms with Crippen LogP contribution in [0.4, 0.5) is 22.0 Å². The summed E-state index contributed by atoms with van der Waals surface area (Å²) in [5.41, 5.74) is 0.388. The molecule has 2 nitrogen and oxygen atoms in total. The predicted octanol–water partition coefficient (Wildman–Crippen LogP) is 3.87. The molecule has 8 heteroatoms. The minimum Gasteiger partial charge on any atom is -0.508 e. The maximum Gasteiger partial charge on any atom is 0.200 e. The first-order chi connectivity index (χ1) is 10.2. The summed E-state index contributed by atoms with van der Waals surface area (Å²) in [6.07, 6.45) is 0. The molecule has 0 heterocycles. The van der Waals surface area contributed by atoms with Crippen molar-refractivity contribution in [2.45, 2.75) is 23.6 Å². The molecular formula is C14H9F5O2S. The summed E-state index contributed by atoms with van der Waals surface area (Å²) in [7, 11) is -2.64. The lowest BCUT2D eigenvalue weighted by Gasteiger charge is -2.12. The number of hydrogen-bond acceptors (Lipinski definition) is 2. The van der Waals surface area contributed by atoms with Gasteiger partial charge in [0.2, 0.25) is 5.82 Å². The molecule has 0 fully saturated rings. The fourth-order valence-corrected chi connectivity index (χ4v) is 3.48. The van der Waals surface area contributed by atoms with E-state index in [1.165, 1.54) is 26.0 Å². The van der Waals surface area contributed by atoms with Crippen molar-refractivity contribution in [1.82, 2.24) is 0 Å². The zero-order valence-corrected chi connectivity index (χ0v) is 12.1. The third-order valence-corrected chi connectivity index (χ3v) is 4.73. The van der Waals surface area contributed by atoms with Gasteiger partial charge in [0, 0.05) is 0 Å². The molecule has 0 saturated heterocycles.